The SMILES string of the molecule is C=CCc1c(C(N)=O)cccc1N1CCCCC1. The zero-order valence-electron chi connectivity index (χ0n) is 10.7. The summed E-state index contributed by atoms with van der Waals surface area (Å²) in [5, 5.41) is 0. The minimum atomic E-state index is -0.356. The molecule has 1 saturated heterocycles. The van der Waals surface area contributed by atoms with E-state index >= 15 is 0 Å². The lowest BCUT2D eigenvalue weighted by molar-refractivity contribution is 0.0999. The lowest BCUT2D eigenvalue weighted by atomic mass is 9.99. The molecule has 0 unspecified atom stereocenters. The first kappa shape index (κ1) is 12.7. The van der Waals surface area contributed by atoms with Crippen LogP contribution in [-0.4, -0.2) is 19.0 Å². The number of nitrogens with zero attached hydrogens (tertiary/aromatic N) is 1. The highest BCUT2D eigenvalue weighted by molar-refractivity contribution is 5.96. The highest BCUT2D eigenvalue weighted by atomic mass is 16.1. The molecule has 1 fully saturated rings. The molecule has 0 bridgehead atoms. The highest BCUT2D eigenvalue weighted by Gasteiger charge is 2.17. The third-order valence-electron chi connectivity index (χ3n) is 3.46. The van der Waals surface area contributed by atoms with Gasteiger partial charge in [0.1, 0.15) is 0 Å². The third kappa shape index (κ3) is 2.55. The smallest absolute Gasteiger partial charge is 0.249 e. The Morgan fingerprint density at radius 1 is 1.33 bits per heavy atom. The molecule has 0 atom stereocenters. The fraction of sp³-hybridized carbons (Fsp3) is 0.400. The van der Waals surface area contributed by atoms with Gasteiger partial charge in [-0.15, -0.1) is 6.58 Å². The molecule has 2 N–H and O–H groups in total. The molecule has 3 nitrogen and oxygen atoms in total. The summed E-state index contributed by atoms with van der Waals surface area (Å²) >= 11 is 0. The van der Waals surface area contributed by atoms with Gasteiger partial charge in [0.15, 0.2) is 0 Å². The topological polar surface area (TPSA) is 46.3 Å². The zero-order chi connectivity index (χ0) is 13.0. The average molecular weight is 244 g/mol. The van der Waals surface area contributed by atoms with Gasteiger partial charge in [-0.3, -0.25) is 4.79 Å². The van der Waals surface area contributed by atoms with Gasteiger partial charge in [0.2, 0.25) is 5.91 Å². The molecule has 96 valence electrons. The van der Waals surface area contributed by atoms with Gasteiger partial charge in [-0.25, -0.2) is 0 Å². The molecular formula is C15H20N2O. The van der Waals surface area contributed by atoms with E-state index in [4.69, 9.17) is 5.73 Å². The summed E-state index contributed by atoms with van der Waals surface area (Å²) in [7, 11) is 0. The van der Waals surface area contributed by atoms with Gasteiger partial charge < -0.3 is 10.6 Å². The molecule has 3 heteroatoms. The minimum absolute atomic E-state index is 0.356. The first-order valence-electron chi connectivity index (χ1n) is 6.51. The van der Waals surface area contributed by atoms with Crippen molar-refractivity contribution in [2.75, 3.05) is 18.0 Å². The number of primary amides is 1. The van der Waals surface area contributed by atoms with Gasteiger partial charge in [-0.1, -0.05) is 12.1 Å². The molecule has 1 heterocycles. The summed E-state index contributed by atoms with van der Waals surface area (Å²) in [6.45, 7) is 5.90. The predicted octanol–water partition coefficient (Wildman–Crippen LogP) is 2.50. The minimum Gasteiger partial charge on any atom is -0.371 e. The number of piperidine rings is 1. The molecule has 1 aliphatic rings. The third-order valence-corrected chi connectivity index (χ3v) is 3.46. The van der Waals surface area contributed by atoms with E-state index in [1.807, 2.05) is 12.1 Å². The van der Waals surface area contributed by atoms with Crippen molar-refractivity contribution in [1.82, 2.24) is 0 Å². The molecule has 2 rings (SSSR count). The van der Waals surface area contributed by atoms with Crippen LogP contribution in [0.15, 0.2) is 30.9 Å². The number of anilines is 1. The Morgan fingerprint density at radius 3 is 2.67 bits per heavy atom. The second-order valence-electron chi connectivity index (χ2n) is 4.71. The van der Waals surface area contributed by atoms with Crippen LogP contribution in [0.25, 0.3) is 0 Å². The van der Waals surface area contributed by atoms with Gasteiger partial charge in [-0.2, -0.15) is 0 Å². The average Bonchev–Trinajstić information content (AvgIpc) is 2.40. The van der Waals surface area contributed by atoms with Crippen LogP contribution in [-0.2, 0) is 6.42 Å². The van der Waals surface area contributed by atoms with Crippen molar-refractivity contribution >= 4 is 11.6 Å². The molecule has 1 amide bonds. The van der Waals surface area contributed by atoms with Crippen molar-refractivity contribution in [3.05, 3.63) is 42.0 Å². The largest absolute Gasteiger partial charge is 0.371 e. The Balaban J connectivity index is 2.41. The van der Waals surface area contributed by atoms with Crippen LogP contribution >= 0.6 is 0 Å². The van der Waals surface area contributed by atoms with E-state index in [1.165, 1.54) is 19.3 Å². The number of carbonyl (C=O) groups is 1. The number of carbonyl (C=O) groups excluding carboxylic acids is 1. The molecule has 0 radical (unpaired) electrons. The van der Waals surface area contributed by atoms with E-state index in [9.17, 15) is 4.79 Å². The molecule has 0 saturated carbocycles. The Hall–Kier alpha value is -1.77. The summed E-state index contributed by atoms with van der Waals surface area (Å²) in [4.78, 5) is 13.9. The van der Waals surface area contributed by atoms with Gasteiger partial charge in [0.25, 0.3) is 0 Å². The van der Waals surface area contributed by atoms with Crippen LogP contribution in [0.2, 0.25) is 0 Å². The molecule has 18 heavy (non-hydrogen) atoms. The maximum atomic E-state index is 11.5. The number of hydrogen-bond acceptors (Lipinski definition) is 2. The lowest BCUT2D eigenvalue weighted by Crippen LogP contribution is -2.31. The number of hydrogen-bond donors (Lipinski definition) is 1. The summed E-state index contributed by atoms with van der Waals surface area (Å²) in [5.74, 6) is -0.356. The highest BCUT2D eigenvalue weighted by Crippen LogP contribution is 2.27. The number of benzene rings is 1. The number of amides is 1. The van der Waals surface area contributed by atoms with Crippen molar-refractivity contribution in [3.8, 4) is 0 Å². The summed E-state index contributed by atoms with van der Waals surface area (Å²) in [5.41, 5.74) is 8.23. The van der Waals surface area contributed by atoms with Crippen LogP contribution in [0.3, 0.4) is 0 Å². The molecule has 0 aliphatic carbocycles. The first-order valence-corrected chi connectivity index (χ1v) is 6.51. The monoisotopic (exact) mass is 244 g/mol. The number of allylic oxidation sites excluding steroid dienone is 1. The molecular weight excluding hydrogens is 224 g/mol. The van der Waals surface area contributed by atoms with Gasteiger partial charge in [-0.05, 0) is 43.4 Å². The molecule has 1 aromatic carbocycles. The van der Waals surface area contributed by atoms with Crippen molar-refractivity contribution in [1.29, 1.82) is 0 Å². The van der Waals surface area contributed by atoms with Gasteiger partial charge >= 0.3 is 0 Å². The molecule has 0 spiro atoms. The van der Waals surface area contributed by atoms with Crippen LogP contribution in [0.1, 0.15) is 35.2 Å². The Morgan fingerprint density at radius 2 is 2.06 bits per heavy atom. The molecule has 1 aromatic rings. The summed E-state index contributed by atoms with van der Waals surface area (Å²) < 4.78 is 0. The second kappa shape index (κ2) is 5.71. The van der Waals surface area contributed by atoms with E-state index in [-0.39, 0.29) is 5.91 Å². The predicted molar refractivity (Wildman–Crippen MR) is 74.9 cm³/mol. The van der Waals surface area contributed by atoms with E-state index < -0.39 is 0 Å². The Kier molecular flexibility index (Phi) is 4.03. The molecule has 0 aromatic heterocycles. The fourth-order valence-corrected chi connectivity index (χ4v) is 2.60. The van der Waals surface area contributed by atoms with Crippen molar-refractivity contribution in [3.63, 3.8) is 0 Å². The van der Waals surface area contributed by atoms with E-state index in [1.54, 1.807) is 6.07 Å². The van der Waals surface area contributed by atoms with Crippen LogP contribution < -0.4 is 10.6 Å². The van der Waals surface area contributed by atoms with Crippen LogP contribution in [0, 0.1) is 0 Å². The quantitative estimate of drug-likeness (QED) is 0.827. The fourth-order valence-electron chi connectivity index (χ4n) is 2.60. The van der Waals surface area contributed by atoms with E-state index in [0.717, 1.165) is 24.3 Å². The number of nitrogens with two attached hydrogens (primary N) is 1. The summed E-state index contributed by atoms with van der Waals surface area (Å²) in [6.07, 6.45) is 6.24. The number of rotatable bonds is 4. The normalized spacial score (nSPS) is 15.4. The Labute approximate surface area is 108 Å². The van der Waals surface area contributed by atoms with Crippen LogP contribution in [0.5, 0.6) is 0 Å². The Bertz CT molecular complexity index is 448. The van der Waals surface area contributed by atoms with Gasteiger partial charge in [0, 0.05) is 24.3 Å². The zero-order valence-corrected chi connectivity index (χ0v) is 10.7. The van der Waals surface area contributed by atoms with E-state index in [2.05, 4.69) is 17.5 Å². The maximum absolute atomic E-state index is 11.5. The van der Waals surface area contributed by atoms with Crippen LogP contribution in [0.4, 0.5) is 5.69 Å². The lowest BCUT2D eigenvalue weighted by Gasteiger charge is -2.31. The van der Waals surface area contributed by atoms with Crippen molar-refractivity contribution < 1.29 is 4.79 Å². The van der Waals surface area contributed by atoms with Crippen molar-refractivity contribution in [2.45, 2.75) is 25.7 Å². The van der Waals surface area contributed by atoms with E-state index in [0.29, 0.717) is 12.0 Å². The maximum Gasteiger partial charge on any atom is 0.249 e. The van der Waals surface area contributed by atoms with Gasteiger partial charge in [0.05, 0.1) is 0 Å². The van der Waals surface area contributed by atoms with Crippen molar-refractivity contribution in [2.24, 2.45) is 5.73 Å². The summed E-state index contributed by atoms with van der Waals surface area (Å²) in [6, 6.07) is 5.79. The second-order valence-corrected chi connectivity index (χ2v) is 4.71. The molecule has 1 aliphatic heterocycles. The standard InChI is InChI=1S/C15H20N2O/c1-2-7-12-13(15(16)18)8-6-9-14(12)17-10-4-3-5-11-17/h2,6,8-9H,1,3-5,7,10-11H2,(H2,16,18). The first-order chi connectivity index (χ1) is 8.74.